The number of likely N-dealkylation sites (tertiary alicyclic amines) is 2. The Kier molecular flexibility index (Phi) is 6.70. The Labute approximate surface area is 167 Å². The van der Waals surface area contributed by atoms with E-state index in [0.717, 1.165) is 44.3 Å². The summed E-state index contributed by atoms with van der Waals surface area (Å²) < 4.78 is 0. The van der Waals surface area contributed by atoms with E-state index in [1.54, 1.807) is 12.1 Å². The molecular formula is C22H31N3O3. The van der Waals surface area contributed by atoms with Crippen LogP contribution in [0.15, 0.2) is 24.3 Å². The molecule has 3 rings (SSSR count). The quantitative estimate of drug-likeness (QED) is 0.846. The number of nitrogens with zero attached hydrogens (tertiary/aromatic N) is 2. The second-order valence-corrected chi connectivity index (χ2v) is 7.92. The van der Waals surface area contributed by atoms with E-state index < -0.39 is 6.04 Å². The summed E-state index contributed by atoms with van der Waals surface area (Å²) in [5.41, 5.74) is 1.66. The highest BCUT2D eigenvalue weighted by molar-refractivity contribution is 5.97. The molecule has 0 spiro atoms. The molecule has 6 heteroatoms. The Morgan fingerprint density at radius 2 is 1.61 bits per heavy atom. The molecule has 3 amide bonds. The molecule has 0 radical (unpaired) electrons. The molecule has 2 fully saturated rings. The first-order valence-electron chi connectivity index (χ1n) is 10.4. The molecule has 1 aromatic carbocycles. The van der Waals surface area contributed by atoms with Crippen molar-refractivity contribution in [1.82, 2.24) is 15.1 Å². The van der Waals surface area contributed by atoms with Crippen LogP contribution in [-0.4, -0.2) is 59.7 Å². The summed E-state index contributed by atoms with van der Waals surface area (Å²) in [5, 5.41) is 3.02. The summed E-state index contributed by atoms with van der Waals surface area (Å²) in [6, 6.07) is 6.88. The number of hydrogen-bond acceptors (Lipinski definition) is 3. The van der Waals surface area contributed by atoms with Gasteiger partial charge in [0.2, 0.25) is 11.8 Å². The zero-order valence-corrected chi connectivity index (χ0v) is 16.9. The standard InChI is InChI=1S/C22H31N3O3/c1-3-19(26)24-14-10-17(11-15-24)20(22(28)25-12-4-5-13-25)23-21(27)18-8-6-16(2)7-9-18/h6-9,17,20H,3-5,10-15H2,1-2H3,(H,23,27). The van der Waals surface area contributed by atoms with Crippen LogP contribution in [-0.2, 0) is 9.59 Å². The first-order chi connectivity index (χ1) is 13.5. The molecule has 0 aliphatic carbocycles. The lowest BCUT2D eigenvalue weighted by Crippen LogP contribution is -2.54. The van der Waals surface area contributed by atoms with Crippen molar-refractivity contribution in [3.63, 3.8) is 0 Å². The number of piperidine rings is 1. The number of carbonyl (C=O) groups is 3. The number of nitrogens with one attached hydrogen (secondary N) is 1. The van der Waals surface area contributed by atoms with Gasteiger partial charge in [-0.25, -0.2) is 0 Å². The lowest BCUT2D eigenvalue weighted by atomic mass is 9.88. The molecular weight excluding hydrogens is 354 g/mol. The molecule has 1 unspecified atom stereocenters. The molecule has 0 bridgehead atoms. The van der Waals surface area contributed by atoms with Gasteiger partial charge in [-0.05, 0) is 50.7 Å². The van der Waals surface area contributed by atoms with Gasteiger partial charge in [0.25, 0.3) is 5.91 Å². The third kappa shape index (κ3) is 4.72. The van der Waals surface area contributed by atoms with E-state index in [9.17, 15) is 14.4 Å². The minimum absolute atomic E-state index is 0.0261. The zero-order valence-electron chi connectivity index (χ0n) is 16.9. The third-order valence-electron chi connectivity index (χ3n) is 5.95. The minimum atomic E-state index is -0.522. The van der Waals surface area contributed by atoms with Gasteiger partial charge >= 0.3 is 0 Å². The Morgan fingerprint density at radius 3 is 2.18 bits per heavy atom. The van der Waals surface area contributed by atoms with Gasteiger partial charge in [0, 0.05) is 38.2 Å². The van der Waals surface area contributed by atoms with Crippen LogP contribution in [0, 0.1) is 12.8 Å². The van der Waals surface area contributed by atoms with Crippen molar-refractivity contribution in [3.8, 4) is 0 Å². The van der Waals surface area contributed by atoms with Crippen LogP contribution in [0.1, 0.15) is 54.9 Å². The fourth-order valence-electron chi connectivity index (χ4n) is 4.15. The van der Waals surface area contributed by atoms with E-state index in [-0.39, 0.29) is 23.6 Å². The summed E-state index contributed by atoms with van der Waals surface area (Å²) >= 11 is 0. The van der Waals surface area contributed by atoms with Gasteiger partial charge in [-0.15, -0.1) is 0 Å². The van der Waals surface area contributed by atoms with E-state index in [0.29, 0.717) is 25.1 Å². The van der Waals surface area contributed by atoms with Gasteiger partial charge in [-0.1, -0.05) is 24.6 Å². The van der Waals surface area contributed by atoms with Crippen molar-refractivity contribution in [2.45, 2.75) is 52.0 Å². The van der Waals surface area contributed by atoms with Crippen molar-refractivity contribution in [3.05, 3.63) is 35.4 Å². The van der Waals surface area contributed by atoms with Crippen molar-refractivity contribution in [2.75, 3.05) is 26.2 Å². The van der Waals surface area contributed by atoms with E-state index in [2.05, 4.69) is 5.32 Å². The third-order valence-corrected chi connectivity index (χ3v) is 5.95. The van der Waals surface area contributed by atoms with Gasteiger partial charge in [0.15, 0.2) is 0 Å². The van der Waals surface area contributed by atoms with Gasteiger partial charge in [0.05, 0.1) is 0 Å². The SMILES string of the molecule is CCC(=O)N1CCC(C(NC(=O)c2ccc(C)cc2)C(=O)N2CCCC2)CC1. The number of aryl methyl sites for hydroxylation is 1. The number of hydrogen-bond donors (Lipinski definition) is 1. The predicted molar refractivity (Wildman–Crippen MR) is 108 cm³/mol. The van der Waals surface area contributed by atoms with Crippen molar-refractivity contribution in [2.24, 2.45) is 5.92 Å². The molecule has 2 saturated heterocycles. The highest BCUT2D eigenvalue weighted by atomic mass is 16.2. The molecule has 28 heavy (non-hydrogen) atoms. The Balaban J connectivity index is 1.72. The summed E-state index contributed by atoms with van der Waals surface area (Å²) in [7, 11) is 0. The summed E-state index contributed by atoms with van der Waals surface area (Å²) in [6.07, 6.45) is 4.03. The fourth-order valence-corrected chi connectivity index (χ4v) is 4.15. The molecule has 0 aromatic heterocycles. The highest BCUT2D eigenvalue weighted by Gasteiger charge is 2.36. The van der Waals surface area contributed by atoms with Crippen molar-refractivity contribution < 1.29 is 14.4 Å². The maximum Gasteiger partial charge on any atom is 0.251 e. The molecule has 2 heterocycles. The number of benzene rings is 1. The zero-order chi connectivity index (χ0) is 20.1. The lowest BCUT2D eigenvalue weighted by molar-refractivity contribution is -0.135. The lowest BCUT2D eigenvalue weighted by Gasteiger charge is -2.37. The van der Waals surface area contributed by atoms with Gasteiger partial charge in [-0.2, -0.15) is 0 Å². The van der Waals surface area contributed by atoms with Crippen LogP contribution < -0.4 is 5.32 Å². The highest BCUT2D eigenvalue weighted by Crippen LogP contribution is 2.24. The predicted octanol–water partition coefficient (Wildman–Crippen LogP) is 2.36. The average Bonchev–Trinajstić information content (AvgIpc) is 3.26. The van der Waals surface area contributed by atoms with Crippen molar-refractivity contribution >= 4 is 17.7 Å². The van der Waals surface area contributed by atoms with Crippen LogP contribution in [0.25, 0.3) is 0 Å². The Hall–Kier alpha value is -2.37. The number of carbonyl (C=O) groups excluding carboxylic acids is 3. The summed E-state index contributed by atoms with van der Waals surface area (Å²) in [6.45, 7) is 6.69. The Morgan fingerprint density at radius 1 is 1.00 bits per heavy atom. The largest absolute Gasteiger partial charge is 0.343 e. The topological polar surface area (TPSA) is 69.7 Å². The normalized spacial score (nSPS) is 18.8. The van der Waals surface area contributed by atoms with E-state index in [4.69, 9.17) is 0 Å². The van der Waals surface area contributed by atoms with Crippen LogP contribution >= 0.6 is 0 Å². The maximum atomic E-state index is 13.2. The van der Waals surface area contributed by atoms with E-state index >= 15 is 0 Å². The van der Waals surface area contributed by atoms with E-state index in [1.165, 1.54) is 0 Å². The summed E-state index contributed by atoms with van der Waals surface area (Å²) in [4.78, 5) is 41.7. The van der Waals surface area contributed by atoms with Crippen LogP contribution in [0.4, 0.5) is 0 Å². The van der Waals surface area contributed by atoms with Gasteiger partial charge in [0.1, 0.15) is 6.04 Å². The van der Waals surface area contributed by atoms with Crippen LogP contribution in [0.5, 0.6) is 0 Å². The molecule has 2 aliphatic heterocycles. The molecule has 152 valence electrons. The molecule has 1 aromatic rings. The molecule has 1 N–H and O–H groups in total. The van der Waals surface area contributed by atoms with Gasteiger partial charge in [-0.3, -0.25) is 14.4 Å². The smallest absolute Gasteiger partial charge is 0.251 e. The maximum absolute atomic E-state index is 13.2. The monoisotopic (exact) mass is 385 g/mol. The average molecular weight is 386 g/mol. The second kappa shape index (κ2) is 9.22. The fraction of sp³-hybridized carbons (Fsp3) is 0.591. The van der Waals surface area contributed by atoms with Crippen LogP contribution in [0.2, 0.25) is 0 Å². The Bertz CT molecular complexity index is 702. The minimum Gasteiger partial charge on any atom is -0.343 e. The molecule has 1 atom stereocenters. The first-order valence-corrected chi connectivity index (χ1v) is 10.4. The summed E-state index contributed by atoms with van der Waals surface area (Å²) in [5.74, 6) is 0.0378. The first kappa shape index (κ1) is 20.4. The molecule has 2 aliphatic rings. The number of rotatable bonds is 5. The van der Waals surface area contributed by atoms with Crippen LogP contribution in [0.3, 0.4) is 0 Å². The van der Waals surface area contributed by atoms with E-state index in [1.807, 2.05) is 35.8 Å². The molecule has 0 saturated carbocycles. The van der Waals surface area contributed by atoms with Crippen molar-refractivity contribution in [1.29, 1.82) is 0 Å². The van der Waals surface area contributed by atoms with Gasteiger partial charge < -0.3 is 15.1 Å². The number of amides is 3. The molecule has 6 nitrogen and oxygen atoms in total. The second-order valence-electron chi connectivity index (χ2n) is 7.92.